The highest BCUT2D eigenvalue weighted by molar-refractivity contribution is 5.61. The highest BCUT2D eigenvalue weighted by Gasteiger charge is 2.28. The average molecular weight is 368 g/mol. The molecule has 0 bridgehead atoms. The van der Waals surface area contributed by atoms with Crippen LogP contribution in [0.3, 0.4) is 0 Å². The number of nitrogens with zero attached hydrogens (tertiary/aromatic N) is 4. The highest BCUT2D eigenvalue weighted by Crippen LogP contribution is 2.35. The third-order valence-corrected chi connectivity index (χ3v) is 2.75. The summed E-state index contributed by atoms with van der Waals surface area (Å²) in [6, 6.07) is 6.28. The molecule has 0 aliphatic rings. The minimum atomic E-state index is -0.993. The van der Waals surface area contributed by atoms with E-state index in [1.54, 1.807) is 0 Å². The van der Waals surface area contributed by atoms with E-state index in [1.807, 2.05) is 0 Å². The van der Waals surface area contributed by atoms with Gasteiger partial charge in [0.2, 0.25) is 11.5 Å². The Balaban J connectivity index is 0.000000260. The fourth-order valence-corrected chi connectivity index (χ4v) is 1.71. The first kappa shape index (κ1) is 19.7. The summed E-state index contributed by atoms with van der Waals surface area (Å²) in [6.45, 7) is 0. The van der Waals surface area contributed by atoms with Gasteiger partial charge in [-0.3, -0.25) is 40.5 Å². The van der Waals surface area contributed by atoms with Crippen molar-refractivity contribution in [3.63, 3.8) is 0 Å². The van der Waals surface area contributed by atoms with Crippen molar-refractivity contribution < 1.29 is 29.9 Å². The summed E-state index contributed by atoms with van der Waals surface area (Å²) in [5.41, 5.74) is -3.20. The predicted molar refractivity (Wildman–Crippen MR) is 82.8 cm³/mol. The SMILES string of the molecule is O=[N+]([O-])c1cccc(O)c1[N+](=O)[O-].O=[N+]([O-])c1cccc(O)c1[N+](=O)[O-]. The van der Waals surface area contributed by atoms with Gasteiger partial charge in [0, 0.05) is 12.1 Å². The molecule has 0 amide bonds. The van der Waals surface area contributed by atoms with E-state index in [-0.39, 0.29) is 0 Å². The number of phenols is 2. The minimum Gasteiger partial charge on any atom is -0.502 e. The van der Waals surface area contributed by atoms with Gasteiger partial charge in [0.25, 0.3) is 0 Å². The molecule has 0 heterocycles. The minimum absolute atomic E-state index is 0.709. The smallest absolute Gasteiger partial charge is 0.387 e. The average Bonchev–Trinajstić information content (AvgIpc) is 2.54. The molecule has 2 aromatic carbocycles. The first-order valence-corrected chi connectivity index (χ1v) is 6.29. The largest absolute Gasteiger partial charge is 0.502 e. The van der Waals surface area contributed by atoms with Crippen molar-refractivity contribution in [2.75, 3.05) is 0 Å². The Kier molecular flexibility index (Phi) is 6.02. The topological polar surface area (TPSA) is 213 Å². The molecule has 0 spiro atoms. The summed E-state index contributed by atoms with van der Waals surface area (Å²) in [4.78, 5) is 37.3. The summed E-state index contributed by atoms with van der Waals surface area (Å²) in [6.07, 6.45) is 0. The number of hydrogen-bond donors (Lipinski definition) is 2. The lowest BCUT2D eigenvalue weighted by molar-refractivity contribution is -0.423. The Morgan fingerprint density at radius 1 is 0.577 bits per heavy atom. The highest BCUT2D eigenvalue weighted by atomic mass is 16.6. The second-order valence-corrected chi connectivity index (χ2v) is 4.32. The Hall–Kier alpha value is -4.36. The molecule has 2 aromatic rings. The molecule has 0 saturated carbocycles. The van der Waals surface area contributed by atoms with Crippen LogP contribution in [0.2, 0.25) is 0 Å². The van der Waals surface area contributed by atoms with Crippen molar-refractivity contribution in [1.82, 2.24) is 0 Å². The van der Waals surface area contributed by atoms with E-state index < -0.39 is 53.9 Å². The number of nitro benzene ring substituents is 4. The first-order valence-electron chi connectivity index (χ1n) is 6.29. The molecule has 0 radical (unpaired) electrons. The zero-order valence-corrected chi connectivity index (χ0v) is 12.4. The van der Waals surface area contributed by atoms with E-state index in [4.69, 9.17) is 10.2 Å². The molecule has 14 heteroatoms. The van der Waals surface area contributed by atoms with E-state index in [0.29, 0.717) is 0 Å². The molecule has 0 aliphatic carbocycles. The molecule has 0 saturated heterocycles. The van der Waals surface area contributed by atoms with Crippen LogP contribution in [0.25, 0.3) is 0 Å². The Labute approximate surface area is 142 Å². The molecular weight excluding hydrogens is 360 g/mol. The van der Waals surface area contributed by atoms with Crippen LogP contribution in [0, 0.1) is 40.5 Å². The summed E-state index contributed by atoms with van der Waals surface area (Å²) in [5.74, 6) is -1.42. The van der Waals surface area contributed by atoms with Gasteiger partial charge in [-0.25, -0.2) is 0 Å². The van der Waals surface area contributed by atoms with Gasteiger partial charge in [-0.2, -0.15) is 0 Å². The molecule has 2 rings (SSSR count). The van der Waals surface area contributed by atoms with E-state index in [9.17, 15) is 40.5 Å². The number of benzene rings is 2. The molecule has 0 atom stereocenters. The lowest BCUT2D eigenvalue weighted by Gasteiger charge is -1.95. The van der Waals surface area contributed by atoms with Gasteiger partial charge in [-0.15, -0.1) is 0 Å². The number of phenolic OH excluding ortho intramolecular Hbond substituents is 2. The lowest BCUT2D eigenvalue weighted by atomic mass is 10.2. The zero-order valence-electron chi connectivity index (χ0n) is 12.4. The molecule has 136 valence electrons. The maximum absolute atomic E-state index is 10.3. The maximum Gasteiger partial charge on any atom is 0.387 e. The third kappa shape index (κ3) is 4.34. The fraction of sp³-hybridized carbons (Fsp3) is 0. The van der Waals surface area contributed by atoms with Crippen LogP contribution in [0.1, 0.15) is 0 Å². The van der Waals surface area contributed by atoms with E-state index >= 15 is 0 Å². The number of rotatable bonds is 4. The second-order valence-electron chi connectivity index (χ2n) is 4.32. The lowest BCUT2D eigenvalue weighted by Crippen LogP contribution is -1.96. The number of hydrogen-bond acceptors (Lipinski definition) is 10. The van der Waals surface area contributed by atoms with Crippen LogP contribution < -0.4 is 0 Å². The fourth-order valence-electron chi connectivity index (χ4n) is 1.71. The van der Waals surface area contributed by atoms with Crippen molar-refractivity contribution in [3.8, 4) is 11.5 Å². The van der Waals surface area contributed by atoms with Gasteiger partial charge >= 0.3 is 22.7 Å². The van der Waals surface area contributed by atoms with E-state index in [2.05, 4.69) is 0 Å². The Bertz CT molecular complexity index is 824. The van der Waals surface area contributed by atoms with Crippen molar-refractivity contribution in [3.05, 3.63) is 76.9 Å². The summed E-state index contributed by atoms with van der Waals surface area (Å²) in [5, 5.41) is 59.0. The summed E-state index contributed by atoms with van der Waals surface area (Å²) in [7, 11) is 0. The Morgan fingerprint density at radius 2 is 0.885 bits per heavy atom. The number of aromatic hydroxyl groups is 2. The first-order chi connectivity index (χ1) is 12.1. The van der Waals surface area contributed by atoms with E-state index in [0.717, 1.165) is 24.3 Å². The second kappa shape index (κ2) is 7.95. The third-order valence-electron chi connectivity index (χ3n) is 2.75. The molecule has 0 aromatic heterocycles. The van der Waals surface area contributed by atoms with Crippen LogP contribution in [0.15, 0.2) is 36.4 Å². The Morgan fingerprint density at radius 3 is 1.08 bits per heavy atom. The summed E-state index contributed by atoms with van der Waals surface area (Å²) >= 11 is 0. The van der Waals surface area contributed by atoms with Gasteiger partial charge in [0.1, 0.15) is 0 Å². The molecule has 14 nitrogen and oxygen atoms in total. The number of nitro groups is 4. The molecule has 26 heavy (non-hydrogen) atoms. The molecule has 0 aliphatic heterocycles. The van der Waals surface area contributed by atoms with Crippen molar-refractivity contribution >= 4 is 22.7 Å². The summed E-state index contributed by atoms with van der Waals surface area (Å²) < 4.78 is 0. The quantitative estimate of drug-likeness (QED) is 0.593. The molecule has 0 unspecified atom stereocenters. The van der Waals surface area contributed by atoms with Crippen molar-refractivity contribution in [2.45, 2.75) is 0 Å². The van der Waals surface area contributed by atoms with Gasteiger partial charge in [-0.05, 0) is 12.1 Å². The molecule has 0 fully saturated rings. The van der Waals surface area contributed by atoms with Crippen molar-refractivity contribution in [1.29, 1.82) is 0 Å². The molecular formula is C12H8N4O10. The van der Waals surface area contributed by atoms with Gasteiger partial charge < -0.3 is 10.2 Å². The van der Waals surface area contributed by atoms with E-state index in [1.165, 1.54) is 12.1 Å². The van der Waals surface area contributed by atoms with Gasteiger partial charge in [0.15, 0.2) is 0 Å². The van der Waals surface area contributed by atoms with Crippen LogP contribution in [0.5, 0.6) is 11.5 Å². The van der Waals surface area contributed by atoms with Crippen LogP contribution in [-0.4, -0.2) is 29.9 Å². The maximum atomic E-state index is 10.3. The van der Waals surface area contributed by atoms with Crippen LogP contribution in [0.4, 0.5) is 22.7 Å². The number of para-hydroxylation sites is 2. The normalized spacial score (nSPS) is 9.54. The standard InChI is InChI=1S/2C6H4N2O5/c2*9-5-3-1-2-4(7(10)11)6(5)8(12)13/h2*1-3,9H. The zero-order chi connectivity index (χ0) is 20.0. The van der Waals surface area contributed by atoms with Gasteiger partial charge in [0.05, 0.1) is 19.7 Å². The monoisotopic (exact) mass is 368 g/mol. The van der Waals surface area contributed by atoms with Crippen molar-refractivity contribution in [2.24, 2.45) is 0 Å². The predicted octanol–water partition coefficient (Wildman–Crippen LogP) is 2.42. The van der Waals surface area contributed by atoms with Gasteiger partial charge in [-0.1, -0.05) is 12.1 Å². The van der Waals surface area contributed by atoms with Crippen LogP contribution >= 0.6 is 0 Å². The van der Waals surface area contributed by atoms with Crippen LogP contribution in [-0.2, 0) is 0 Å². The molecule has 2 N–H and O–H groups in total.